The summed E-state index contributed by atoms with van der Waals surface area (Å²) in [4.78, 5) is 29.4. The first-order chi connectivity index (χ1) is 15.9. The van der Waals surface area contributed by atoms with Gasteiger partial charge in [-0.15, -0.1) is 0 Å². The van der Waals surface area contributed by atoms with Crippen molar-refractivity contribution in [3.63, 3.8) is 0 Å². The minimum atomic E-state index is -0.287. The van der Waals surface area contributed by atoms with Crippen LogP contribution in [0.1, 0.15) is 21.5 Å². The van der Waals surface area contributed by atoms with Gasteiger partial charge < -0.3 is 15.1 Å². The first-order valence-corrected chi connectivity index (χ1v) is 11.6. The average molecular weight is 482 g/mol. The molecule has 0 saturated carbocycles. The van der Waals surface area contributed by atoms with E-state index in [1.807, 2.05) is 60.4 Å². The van der Waals surface area contributed by atoms with E-state index in [1.165, 1.54) is 0 Å². The number of hydrogen-bond acceptors (Lipinski definition) is 3. The lowest BCUT2D eigenvalue weighted by Gasteiger charge is -2.36. The maximum Gasteiger partial charge on any atom is 0.257 e. The molecule has 170 valence electrons. The summed E-state index contributed by atoms with van der Waals surface area (Å²) in [7, 11) is 0. The Morgan fingerprint density at radius 2 is 1.61 bits per heavy atom. The molecule has 0 unspecified atom stereocenters. The number of nitrogens with one attached hydrogen (secondary N) is 1. The molecule has 0 radical (unpaired) electrons. The molecule has 0 aromatic heterocycles. The molecular weight excluding hydrogens is 457 g/mol. The zero-order chi connectivity index (χ0) is 23.4. The summed E-state index contributed by atoms with van der Waals surface area (Å²) in [5.74, 6) is -0.118. The van der Waals surface area contributed by atoms with Crippen molar-refractivity contribution < 1.29 is 9.59 Å². The monoisotopic (exact) mass is 481 g/mol. The third-order valence-corrected chi connectivity index (χ3v) is 6.45. The van der Waals surface area contributed by atoms with Crippen LogP contribution < -0.4 is 10.2 Å². The van der Waals surface area contributed by atoms with Gasteiger partial charge in [-0.25, -0.2) is 0 Å². The fraction of sp³-hybridized carbons (Fsp3) is 0.231. The number of piperazine rings is 1. The Bertz CT molecular complexity index is 1160. The van der Waals surface area contributed by atoms with E-state index in [4.69, 9.17) is 23.2 Å². The van der Waals surface area contributed by atoms with Crippen molar-refractivity contribution in [2.24, 2.45) is 0 Å². The SMILES string of the molecule is Cc1ccccc1CC(=O)N1CCN(c2ccc(NC(=O)c3ccc(Cl)cc3Cl)cc2)CC1. The Kier molecular flexibility index (Phi) is 7.21. The van der Waals surface area contributed by atoms with Gasteiger partial charge in [-0.3, -0.25) is 9.59 Å². The number of nitrogens with zero attached hydrogens (tertiary/aromatic N) is 2. The maximum absolute atomic E-state index is 12.7. The molecule has 0 spiro atoms. The highest BCUT2D eigenvalue weighted by Gasteiger charge is 2.22. The van der Waals surface area contributed by atoms with Crippen LogP contribution in [0, 0.1) is 6.92 Å². The molecule has 1 aliphatic rings. The topological polar surface area (TPSA) is 52.7 Å². The van der Waals surface area contributed by atoms with E-state index in [0.717, 1.165) is 29.9 Å². The Morgan fingerprint density at radius 1 is 0.909 bits per heavy atom. The van der Waals surface area contributed by atoms with E-state index in [2.05, 4.69) is 10.2 Å². The second kappa shape index (κ2) is 10.3. The van der Waals surface area contributed by atoms with Crippen LogP contribution in [0.3, 0.4) is 0 Å². The van der Waals surface area contributed by atoms with Crippen LogP contribution in [0.4, 0.5) is 11.4 Å². The number of aryl methyl sites for hydroxylation is 1. The largest absolute Gasteiger partial charge is 0.368 e. The van der Waals surface area contributed by atoms with Crippen LogP contribution in [0.5, 0.6) is 0 Å². The second-order valence-electron chi connectivity index (χ2n) is 8.10. The summed E-state index contributed by atoms with van der Waals surface area (Å²) < 4.78 is 0. The third-order valence-electron chi connectivity index (χ3n) is 5.90. The summed E-state index contributed by atoms with van der Waals surface area (Å²) in [5, 5.41) is 3.66. The lowest BCUT2D eigenvalue weighted by molar-refractivity contribution is -0.130. The second-order valence-corrected chi connectivity index (χ2v) is 8.94. The molecule has 4 rings (SSSR count). The highest BCUT2D eigenvalue weighted by molar-refractivity contribution is 6.37. The van der Waals surface area contributed by atoms with Gasteiger partial charge in [0.25, 0.3) is 5.91 Å². The van der Waals surface area contributed by atoms with Gasteiger partial charge in [0.1, 0.15) is 0 Å². The first kappa shape index (κ1) is 23.1. The highest BCUT2D eigenvalue weighted by Crippen LogP contribution is 2.24. The van der Waals surface area contributed by atoms with E-state index in [9.17, 15) is 9.59 Å². The summed E-state index contributed by atoms with van der Waals surface area (Å²) >= 11 is 12.0. The number of halogens is 2. The molecule has 2 amide bonds. The molecule has 1 N–H and O–H groups in total. The number of carbonyl (C=O) groups is 2. The number of hydrogen-bond donors (Lipinski definition) is 1. The molecule has 0 aliphatic carbocycles. The van der Waals surface area contributed by atoms with Crippen LogP contribution in [-0.2, 0) is 11.2 Å². The van der Waals surface area contributed by atoms with Crippen molar-refractivity contribution in [1.82, 2.24) is 4.90 Å². The Hall–Kier alpha value is -3.02. The number of rotatable bonds is 5. The van der Waals surface area contributed by atoms with Gasteiger partial charge in [0.2, 0.25) is 5.91 Å². The molecule has 3 aromatic carbocycles. The smallest absolute Gasteiger partial charge is 0.257 e. The molecule has 0 atom stereocenters. The van der Waals surface area contributed by atoms with E-state index in [0.29, 0.717) is 40.8 Å². The zero-order valence-corrected chi connectivity index (χ0v) is 19.9. The summed E-state index contributed by atoms with van der Waals surface area (Å²) in [6, 6.07) is 20.5. The fourth-order valence-corrected chi connectivity index (χ4v) is 4.42. The lowest BCUT2D eigenvalue weighted by Crippen LogP contribution is -2.49. The number of amides is 2. The van der Waals surface area contributed by atoms with Gasteiger partial charge in [0, 0.05) is 42.6 Å². The minimum absolute atomic E-state index is 0.169. The summed E-state index contributed by atoms with van der Waals surface area (Å²) in [6.07, 6.45) is 0.443. The highest BCUT2D eigenvalue weighted by atomic mass is 35.5. The maximum atomic E-state index is 12.7. The zero-order valence-electron chi connectivity index (χ0n) is 18.4. The normalized spacial score (nSPS) is 13.7. The molecular formula is C26H25Cl2N3O2. The Morgan fingerprint density at radius 3 is 2.27 bits per heavy atom. The van der Waals surface area contributed by atoms with Crippen LogP contribution in [0.15, 0.2) is 66.7 Å². The van der Waals surface area contributed by atoms with Gasteiger partial charge >= 0.3 is 0 Å². The molecule has 5 nitrogen and oxygen atoms in total. The van der Waals surface area contributed by atoms with Crippen molar-refractivity contribution in [2.75, 3.05) is 36.4 Å². The molecule has 1 fully saturated rings. The quantitative estimate of drug-likeness (QED) is 0.527. The van der Waals surface area contributed by atoms with Crippen LogP contribution in [0.25, 0.3) is 0 Å². The van der Waals surface area contributed by atoms with Crippen LogP contribution >= 0.6 is 23.2 Å². The van der Waals surface area contributed by atoms with Gasteiger partial charge in [-0.05, 0) is 60.5 Å². The van der Waals surface area contributed by atoms with Gasteiger partial charge in [-0.2, -0.15) is 0 Å². The number of carbonyl (C=O) groups excluding carboxylic acids is 2. The number of anilines is 2. The van der Waals surface area contributed by atoms with Crippen molar-refractivity contribution in [3.05, 3.63) is 93.5 Å². The molecule has 1 heterocycles. The molecule has 3 aromatic rings. The van der Waals surface area contributed by atoms with E-state index in [-0.39, 0.29) is 11.8 Å². The molecule has 7 heteroatoms. The minimum Gasteiger partial charge on any atom is -0.368 e. The first-order valence-electron chi connectivity index (χ1n) is 10.8. The van der Waals surface area contributed by atoms with Crippen molar-refractivity contribution in [2.45, 2.75) is 13.3 Å². The standard InChI is InChI=1S/C26H25Cl2N3O2/c1-18-4-2-3-5-19(18)16-25(32)31-14-12-30(13-15-31)22-9-7-21(8-10-22)29-26(33)23-11-6-20(27)17-24(23)28/h2-11,17H,12-16H2,1H3,(H,29,33). The third kappa shape index (κ3) is 5.67. The molecule has 1 aliphatic heterocycles. The molecule has 0 bridgehead atoms. The van der Waals surface area contributed by atoms with E-state index < -0.39 is 0 Å². The molecule has 33 heavy (non-hydrogen) atoms. The predicted molar refractivity (Wildman–Crippen MR) is 135 cm³/mol. The van der Waals surface area contributed by atoms with Gasteiger partial charge in [0.15, 0.2) is 0 Å². The predicted octanol–water partition coefficient (Wildman–Crippen LogP) is 5.45. The molecule has 1 saturated heterocycles. The van der Waals surface area contributed by atoms with Crippen LogP contribution in [-0.4, -0.2) is 42.9 Å². The van der Waals surface area contributed by atoms with E-state index in [1.54, 1.807) is 18.2 Å². The summed E-state index contributed by atoms with van der Waals surface area (Å²) in [6.45, 7) is 4.96. The van der Waals surface area contributed by atoms with Crippen molar-refractivity contribution >= 4 is 46.4 Å². The lowest BCUT2D eigenvalue weighted by atomic mass is 10.1. The van der Waals surface area contributed by atoms with Crippen molar-refractivity contribution in [3.8, 4) is 0 Å². The average Bonchev–Trinajstić information content (AvgIpc) is 2.81. The Balaban J connectivity index is 1.31. The van der Waals surface area contributed by atoms with E-state index >= 15 is 0 Å². The van der Waals surface area contributed by atoms with Crippen molar-refractivity contribution in [1.29, 1.82) is 0 Å². The van der Waals surface area contributed by atoms with Gasteiger partial charge in [-0.1, -0.05) is 47.5 Å². The fourth-order valence-electron chi connectivity index (χ4n) is 3.92. The van der Waals surface area contributed by atoms with Crippen LogP contribution in [0.2, 0.25) is 10.0 Å². The Labute approximate surface area is 203 Å². The van der Waals surface area contributed by atoms with Gasteiger partial charge in [0.05, 0.1) is 17.0 Å². The number of benzene rings is 3. The summed E-state index contributed by atoms with van der Waals surface area (Å²) in [5.41, 5.74) is 4.35.